The Labute approximate surface area is 110 Å². The van der Waals surface area contributed by atoms with Gasteiger partial charge in [0.15, 0.2) is 0 Å². The average Bonchev–Trinajstić information content (AvgIpc) is 3.12. The molecule has 2 unspecified atom stereocenters. The topological polar surface area (TPSA) is 63.7 Å². The van der Waals surface area contributed by atoms with Crippen molar-refractivity contribution in [1.29, 1.82) is 0 Å². The lowest BCUT2D eigenvalue weighted by Gasteiger charge is -2.20. The average molecular weight is 275 g/mol. The van der Waals surface area contributed by atoms with Crippen molar-refractivity contribution in [2.45, 2.75) is 32.7 Å². The Kier molecular flexibility index (Phi) is 5.78. The number of hydrogen-bond acceptors (Lipinski definition) is 4. The summed E-state index contributed by atoms with van der Waals surface area (Å²) in [5.41, 5.74) is 0. The third-order valence-corrected chi connectivity index (χ3v) is 4.41. The van der Waals surface area contributed by atoms with Crippen LogP contribution in [0.15, 0.2) is 0 Å². The van der Waals surface area contributed by atoms with Crippen LogP contribution in [-0.2, 0) is 25.1 Å². The summed E-state index contributed by atoms with van der Waals surface area (Å²) < 4.78 is 16.4. The van der Waals surface area contributed by atoms with Gasteiger partial charge in [-0.2, -0.15) is 0 Å². The van der Waals surface area contributed by atoms with Crippen molar-refractivity contribution >= 4 is 22.7 Å². The van der Waals surface area contributed by atoms with Gasteiger partial charge in [0, 0.05) is 29.1 Å². The van der Waals surface area contributed by atoms with Gasteiger partial charge >= 0.3 is 5.97 Å². The van der Waals surface area contributed by atoms with Gasteiger partial charge in [-0.15, -0.1) is 0 Å². The maximum Gasteiger partial charge on any atom is 0.309 e. The highest BCUT2D eigenvalue weighted by Gasteiger charge is 2.32. The molecule has 0 radical (unpaired) electrons. The number of nitrogens with zero attached hydrogens (tertiary/aromatic N) is 1. The van der Waals surface area contributed by atoms with Crippen LogP contribution in [0.1, 0.15) is 26.7 Å². The van der Waals surface area contributed by atoms with Gasteiger partial charge in [0.1, 0.15) is 5.75 Å². The second-order valence-corrected chi connectivity index (χ2v) is 6.09. The molecule has 1 aliphatic carbocycles. The normalized spacial score (nSPS) is 17.9. The molecule has 1 amide bonds. The molecule has 1 saturated carbocycles. The molecule has 0 aromatic carbocycles. The Balaban J connectivity index is 2.39. The summed E-state index contributed by atoms with van der Waals surface area (Å²) in [5, 5.41) is 0. The molecule has 18 heavy (non-hydrogen) atoms. The molecule has 0 aliphatic heterocycles. The summed E-state index contributed by atoms with van der Waals surface area (Å²) in [4.78, 5) is 24.9. The molecule has 0 heterocycles. The summed E-state index contributed by atoms with van der Waals surface area (Å²) in [5.74, 6) is -0.702. The molecule has 0 bridgehead atoms. The van der Waals surface area contributed by atoms with Gasteiger partial charge in [0.05, 0.1) is 13.0 Å². The van der Waals surface area contributed by atoms with Crippen molar-refractivity contribution in [3.63, 3.8) is 0 Å². The molecule has 0 aromatic heterocycles. The number of esters is 1. The zero-order valence-electron chi connectivity index (χ0n) is 11.2. The van der Waals surface area contributed by atoms with Crippen molar-refractivity contribution in [1.82, 2.24) is 4.90 Å². The van der Waals surface area contributed by atoms with Crippen molar-refractivity contribution in [3.8, 4) is 0 Å². The monoisotopic (exact) mass is 275 g/mol. The number of methoxy groups -OCH3 is 1. The molecule has 1 aliphatic rings. The van der Waals surface area contributed by atoms with Gasteiger partial charge in [-0.05, 0) is 19.8 Å². The van der Waals surface area contributed by atoms with Crippen LogP contribution in [0.5, 0.6) is 0 Å². The fourth-order valence-corrected chi connectivity index (χ4v) is 3.10. The standard InChI is InChI=1S/C12H21NO4S/c1-4-13(10-5-6-10)11(14)8-18(16)7-9(2)12(15)17-3/h9-10H,4-8H2,1-3H3. The first-order chi connectivity index (χ1) is 8.49. The Morgan fingerprint density at radius 1 is 1.44 bits per heavy atom. The molecular formula is C12H21NO4S. The summed E-state index contributed by atoms with van der Waals surface area (Å²) in [6.07, 6.45) is 2.09. The van der Waals surface area contributed by atoms with E-state index in [1.165, 1.54) is 7.11 Å². The number of carbonyl (C=O) groups excluding carboxylic acids is 2. The van der Waals surface area contributed by atoms with Gasteiger partial charge < -0.3 is 9.64 Å². The molecule has 0 aromatic rings. The van der Waals surface area contributed by atoms with E-state index >= 15 is 0 Å². The van der Waals surface area contributed by atoms with E-state index in [1.807, 2.05) is 6.92 Å². The zero-order valence-corrected chi connectivity index (χ0v) is 12.0. The lowest BCUT2D eigenvalue weighted by atomic mass is 10.2. The molecule has 1 rings (SSSR count). The van der Waals surface area contributed by atoms with Gasteiger partial charge in [0.25, 0.3) is 0 Å². The molecular weight excluding hydrogens is 254 g/mol. The number of carbonyl (C=O) groups is 2. The minimum Gasteiger partial charge on any atom is -0.469 e. The number of amides is 1. The number of hydrogen-bond donors (Lipinski definition) is 0. The quantitative estimate of drug-likeness (QED) is 0.637. The zero-order chi connectivity index (χ0) is 13.7. The smallest absolute Gasteiger partial charge is 0.309 e. The van der Waals surface area contributed by atoms with Crippen LogP contribution in [0, 0.1) is 5.92 Å². The molecule has 0 spiro atoms. The largest absolute Gasteiger partial charge is 0.469 e. The number of ether oxygens (including phenoxy) is 1. The van der Waals surface area contributed by atoms with E-state index in [2.05, 4.69) is 4.74 Å². The minimum absolute atomic E-state index is 0.00563. The summed E-state index contributed by atoms with van der Waals surface area (Å²) >= 11 is 0. The first kappa shape index (κ1) is 15.1. The predicted octanol–water partition coefficient (Wildman–Crippen LogP) is 0.555. The fraction of sp³-hybridized carbons (Fsp3) is 0.833. The van der Waals surface area contributed by atoms with Crippen LogP contribution in [0.4, 0.5) is 0 Å². The third-order valence-electron chi connectivity index (χ3n) is 2.97. The van der Waals surface area contributed by atoms with Crippen LogP contribution in [0.2, 0.25) is 0 Å². The molecule has 2 atom stereocenters. The Morgan fingerprint density at radius 3 is 2.50 bits per heavy atom. The van der Waals surface area contributed by atoms with Gasteiger partial charge in [-0.1, -0.05) is 6.92 Å². The maximum atomic E-state index is 11.9. The third kappa shape index (κ3) is 4.40. The van der Waals surface area contributed by atoms with Gasteiger partial charge in [-0.3, -0.25) is 13.8 Å². The Morgan fingerprint density at radius 2 is 2.06 bits per heavy atom. The highest BCUT2D eigenvalue weighted by atomic mass is 32.2. The molecule has 5 nitrogen and oxygen atoms in total. The van der Waals surface area contributed by atoms with E-state index in [4.69, 9.17) is 0 Å². The minimum atomic E-state index is -1.31. The van der Waals surface area contributed by atoms with E-state index in [-0.39, 0.29) is 23.4 Å². The Hall–Kier alpha value is -0.910. The van der Waals surface area contributed by atoms with E-state index < -0.39 is 16.7 Å². The van der Waals surface area contributed by atoms with Crippen LogP contribution < -0.4 is 0 Å². The van der Waals surface area contributed by atoms with Crippen molar-refractivity contribution in [2.24, 2.45) is 5.92 Å². The summed E-state index contributed by atoms with van der Waals surface area (Å²) in [6.45, 7) is 4.25. The SMILES string of the molecule is CCN(C(=O)CS(=O)CC(C)C(=O)OC)C1CC1. The molecule has 104 valence electrons. The molecule has 6 heteroatoms. The lowest BCUT2D eigenvalue weighted by Crippen LogP contribution is -2.37. The van der Waals surface area contributed by atoms with E-state index in [1.54, 1.807) is 11.8 Å². The fourth-order valence-electron chi connectivity index (χ4n) is 1.85. The maximum absolute atomic E-state index is 11.9. The van der Waals surface area contributed by atoms with Crippen LogP contribution in [0.3, 0.4) is 0 Å². The highest BCUT2D eigenvalue weighted by molar-refractivity contribution is 7.85. The van der Waals surface area contributed by atoms with Crippen LogP contribution in [-0.4, -0.2) is 52.2 Å². The van der Waals surface area contributed by atoms with Crippen LogP contribution in [0.25, 0.3) is 0 Å². The predicted molar refractivity (Wildman–Crippen MR) is 69.5 cm³/mol. The van der Waals surface area contributed by atoms with Crippen molar-refractivity contribution < 1.29 is 18.5 Å². The number of rotatable bonds is 7. The molecule has 0 N–H and O–H groups in total. The van der Waals surface area contributed by atoms with Crippen molar-refractivity contribution in [2.75, 3.05) is 25.2 Å². The second kappa shape index (κ2) is 6.87. The van der Waals surface area contributed by atoms with E-state index in [0.29, 0.717) is 12.6 Å². The second-order valence-electron chi connectivity index (χ2n) is 4.59. The van der Waals surface area contributed by atoms with E-state index in [0.717, 1.165) is 12.8 Å². The highest BCUT2D eigenvalue weighted by Crippen LogP contribution is 2.26. The van der Waals surface area contributed by atoms with Crippen LogP contribution >= 0.6 is 0 Å². The van der Waals surface area contributed by atoms with Gasteiger partial charge in [0.2, 0.25) is 5.91 Å². The summed E-state index contributed by atoms with van der Waals surface area (Å²) in [6, 6.07) is 0.345. The first-order valence-corrected chi connectivity index (χ1v) is 7.70. The first-order valence-electron chi connectivity index (χ1n) is 6.21. The summed E-state index contributed by atoms with van der Waals surface area (Å²) in [7, 11) is -0.000987. The van der Waals surface area contributed by atoms with Gasteiger partial charge in [-0.25, -0.2) is 0 Å². The molecule has 0 saturated heterocycles. The molecule has 1 fully saturated rings. The van der Waals surface area contributed by atoms with E-state index in [9.17, 15) is 13.8 Å². The lowest BCUT2D eigenvalue weighted by molar-refractivity contribution is -0.144. The van der Waals surface area contributed by atoms with Crippen molar-refractivity contribution in [3.05, 3.63) is 0 Å². The Bertz CT molecular complexity index is 341.